The molecule has 1 heterocycles. The highest BCUT2D eigenvalue weighted by molar-refractivity contribution is 5.95. The Hall–Kier alpha value is -3.73. The summed E-state index contributed by atoms with van der Waals surface area (Å²) >= 11 is 0. The predicted molar refractivity (Wildman–Crippen MR) is 120 cm³/mol. The van der Waals surface area contributed by atoms with Crippen molar-refractivity contribution in [3.8, 4) is 5.75 Å². The average Bonchev–Trinajstić information content (AvgIpc) is 3.17. The number of methoxy groups -OCH3 is 1. The van der Waals surface area contributed by atoms with E-state index >= 15 is 0 Å². The van der Waals surface area contributed by atoms with Crippen molar-refractivity contribution in [3.05, 3.63) is 90.2 Å². The van der Waals surface area contributed by atoms with E-state index in [0.29, 0.717) is 5.58 Å². The summed E-state index contributed by atoms with van der Waals surface area (Å²) in [6, 6.07) is 23.8. The van der Waals surface area contributed by atoms with Crippen molar-refractivity contribution in [2.45, 2.75) is 19.4 Å². The van der Waals surface area contributed by atoms with Gasteiger partial charge >= 0.3 is 0 Å². The van der Waals surface area contributed by atoms with Gasteiger partial charge in [0.25, 0.3) is 0 Å². The molecule has 4 aromatic rings. The molecule has 1 atom stereocenters. The van der Waals surface area contributed by atoms with Gasteiger partial charge in [0.2, 0.25) is 5.91 Å². The smallest absolute Gasteiger partial charge is 0.228 e. The molecular weight excluding hydrogens is 376 g/mol. The van der Waals surface area contributed by atoms with Crippen molar-refractivity contribution in [3.63, 3.8) is 0 Å². The van der Waals surface area contributed by atoms with Crippen molar-refractivity contribution in [1.29, 1.82) is 0 Å². The monoisotopic (exact) mass is 400 g/mol. The Bertz CT molecular complexity index is 1130. The minimum Gasteiger partial charge on any atom is -0.497 e. The zero-order chi connectivity index (χ0) is 20.9. The molecular formula is C25H24N2O3. The van der Waals surface area contributed by atoms with Crippen LogP contribution in [0.25, 0.3) is 11.0 Å². The summed E-state index contributed by atoms with van der Waals surface area (Å²) in [5, 5.41) is 7.33. The molecule has 152 valence electrons. The molecule has 0 aliphatic carbocycles. The first kappa shape index (κ1) is 19.6. The number of hydrogen-bond donors (Lipinski definition) is 2. The van der Waals surface area contributed by atoms with E-state index in [9.17, 15) is 4.79 Å². The molecule has 0 radical (unpaired) electrons. The van der Waals surface area contributed by atoms with Gasteiger partial charge < -0.3 is 19.8 Å². The van der Waals surface area contributed by atoms with Crippen LogP contribution in [0.5, 0.6) is 5.75 Å². The Labute approximate surface area is 175 Å². The third-order valence-corrected chi connectivity index (χ3v) is 5.07. The highest BCUT2D eigenvalue weighted by Gasteiger charge is 2.12. The lowest BCUT2D eigenvalue weighted by Crippen LogP contribution is -2.14. The number of fused-ring (bicyclic) bond motifs is 1. The zero-order valence-electron chi connectivity index (χ0n) is 17.0. The molecule has 5 heteroatoms. The van der Waals surface area contributed by atoms with Gasteiger partial charge in [0.15, 0.2) is 0 Å². The molecule has 1 unspecified atom stereocenters. The molecule has 1 amide bonds. The van der Waals surface area contributed by atoms with E-state index in [2.05, 4.69) is 29.7 Å². The molecule has 30 heavy (non-hydrogen) atoms. The molecule has 0 aliphatic heterocycles. The number of rotatable bonds is 7. The Kier molecular flexibility index (Phi) is 5.70. The van der Waals surface area contributed by atoms with Crippen molar-refractivity contribution in [2.24, 2.45) is 0 Å². The van der Waals surface area contributed by atoms with Gasteiger partial charge in [0.1, 0.15) is 11.3 Å². The first-order valence-electron chi connectivity index (χ1n) is 9.88. The second-order valence-electron chi connectivity index (χ2n) is 7.20. The lowest BCUT2D eigenvalue weighted by molar-refractivity contribution is -0.115. The van der Waals surface area contributed by atoms with Gasteiger partial charge in [-0.2, -0.15) is 0 Å². The summed E-state index contributed by atoms with van der Waals surface area (Å²) in [5.74, 6) is 0.634. The van der Waals surface area contributed by atoms with Crippen LogP contribution in [0.15, 0.2) is 83.5 Å². The number of hydrogen-bond acceptors (Lipinski definition) is 4. The summed E-state index contributed by atoms with van der Waals surface area (Å²) in [4.78, 5) is 12.5. The molecule has 4 rings (SSSR count). The van der Waals surface area contributed by atoms with Crippen LogP contribution in [0.1, 0.15) is 24.1 Å². The third-order valence-electron chi connectivity index (χ3n) is 5.07. The van der Waals surface area contributed by atoms with E-state index in [1.54, 1.807) is 13.4 Å². The van der Waals surface area contributed by atoms with Crippen LogP contribution in [-0.2, 0) is 11.2 Å². The minimum absolute atomic E-state index is 0.0909. The number of amides is 1. The van der Waals surface area contributed by atoms with Gasteiger partial charge in [0, 0.05) is 34.4 Å². The topological polar surface area (TPSA) is 63.5 Å². The second kappa shape index (κ2) is 8.74. The Balaban J connectivity index is 1.37. The molecule has 3 aromatic carbocycles. The fourth-order valence-corrected chi connectivity index (χ4v) is 3.43. The highest BCUT2D eigenvalue weighted by Crippen LogP contribution is 2.26. The molecule has 0 fully saturated rings. The quantitative estimate of drug-likeness (QED) is 0.412. The van der Waals surface area contributed by atoms with Crippen LogP contribution in [-0.4, -0.2) is 13.0 Å². The van der Waals surface area contributed by atoms with Crippen LogP contribution in [0.4, 0.5) is 11.4 Å². The van der Waals surface area contributed by atoms with Gasteiger partial charge in [-0.3, -0.25) is 4.79 Å². The summed E-state index contributed by atoms with van der Waals surface area (Å²) in [7, 11) is 1.61. The summed E-state index contributed by atoms with van der Waals surface area (Å²) in [5.41, 5.74) is 4.53. The standard InChI is InChI=1S/C25H24N2O3/c1-17(18-6-4-3-5-7-18)26-20-8-10-21(11-9-20)27-25(28)14-19-16-30-24-15-22(29-2)12-13-23(19)24/h3-13,15-17,26H,14H2,1-2H3,(H,27,28). The number of anilines is 2. The first-order chi connectivity index (χ1) is 14.6. The maximum atomic E-state index is 12.5. The van der Waals surface area contributed by atoms with Crippen molar-refractivity contribution < 1.29 is 13.9 Å². The van der Waals surface area contributed by atoms with Crippen LogP contribution in [0.3, 0.4) is 0 Å². The lowest BCUT2D eigenvalue weighted by atomic mass is 10.1. The molecule has 0 bridgehead atoms. The number of benzene rings is 3. The molecule has 2 N–H and O–H groups in total. The molecule has 0 spiro atoms. The van der Waals surface area contributed by atoms with Crippen molar-refractivity contribution >= 4 is 28.3 Å². The van der Waals surface area contributed by atoms with E-state index < -0.39 is 0 Å². The number of carbonyl (C=O) groups is 1. The minimum atomic E-state index is -0.0909. The van der Waals surface area contributed by atoms with Crippen LogP contribution >= 0.6 is 0 Å². The largest absolute Gasteiger partial charge is 0.497 e. The maximum absolute atomic E-state index is 12.5. The van der Waals surface area contributed by atoms with E-state index in [0.717, 1.165) is 28.1 Å². The first-order valence-corrected chi connectivity index (χ1v) is 9.88. The van der Waals surface area contributed by atoms with Crippen LogP contribution < -0.4 is 15.4 Å². The van der Waals surface area contributed by atoms with Crippen molar-refractivity contribution in [2.75, 3.05) is 17.7 Å². The van der Waals surface area contributed by atoms with Crippen LogP contribution in [0.2, 0.25) is 0 Å². The van der Waals surface area contributed by atoms with Crippen LogP contribution in [0, 0.1) is 0 Å². The van der Waals surface area contributed by atoms with Gasteiger partial charge in [-0.1, -0.05) is 30.3 Å². The van der Waals surface area contributed by atoms with Gasteiger partial charge in [-0.15, -0.1) is 0 Å². The Morgan fingerprint density at radius 1 is 1.00 bits per heavy atom. The zero-order valence-corrected chi connectivity index (χ0v) is 17.0. The number of ether oxygens (including phenoxy) is 1. The number of furan rings is 1. The summed E-state index contributed by atoms with van der Waals surface area (Å²) in [6.07, 6.45) is 1.87. The molecule has 5 nitrogen and oxygen atoms in total. The molecule has 0 saturated carbocycles. The Morgan fingerprint density at radius 2 is 1.73 bits per heavy atom. The Morgan fingerprint density at radius 3 is 2.47 bits per heavy atom. The van der Waals surface area contributed by atoms with E-state index in [4.69, 9.17) is 9.15 Å². The lowest BCUT2D eigenvalue weighted by Gasteiger charge is -2.16. The molecule has 0 saturated heterocycles. The van der Waals surface area contributed by atoms with E-state index in [-0.39, 0.29) is 18.4 Å². The molecule has 1 aromatic heterocycles. The van der Waals surface area contributed by atoms with E-state index in [1.165, 1.54) is 5.56 Å². The van der Waals surface area contributed by atoms with Gasteiger partial charge in [-0.25, -0.2) is 0 Å². The number of nitrogens with one attached hydrogen (secondary N) is 2. The second-order valence-corrected chi connectivity index (χ2v) is 7.20. The fraction of sp³-hybridized carbons (Fsp3) is 0.160. The normalized spacial score (nSPS) is 11.8. The predicted octanol–water partition coefficient (Wildman–Crippen LogP) is 5.80. The fourth-order valence-electron chi connectivity index (χ4n) is 3.43. The van der Waals surface area contributed by atoms with Gasteiger partial charge in [0.05, 0.1) is 19.8 Å². The SMILES string of the molecule is COc1ccc2c(CC(=O)Nc3ccc(NC(C)c4ccccc4)cc3)coc2c1. The number of carbonyl (C=O) groups excluding carboxylic acids is 1. The maximum Gasteiger partial charge on any atom is 0.228 e. The summed E-state index contributed by atoms with van der Waals surface area (Å²) in [6.45, 7) is 2.12. The molecule has 0 aliphatic rings. The third kappa shape index (κ3) is 4.46. The summed E-state index contributed by atoms with van der Waals surface area (Å²) < 4.78 is 10.8. The van der Waals surface area contributed by atoms with Gasteiger partial charge in [-0.05, 0) is 48.9 Å². The van der Waals surface area contributed by atoms with Crippen molar-refractivity contribution in [1.82, 2.24) is 0 Å². The van der Waals surface area contributed by atoms with E-state index in [1.807, 2.05) is 60.7 Å². The highest BCUT2D eigenvalue weighted by atomic mass is 16.5. The average molecular weight is 400 g/mol.